The van der Waals surface area contributed by atoms with Gasteiger partial charge in [0, 0.05) is 21.8 Å². The molecule has 9 heteroatoms. The van der Waals surface area contributed by atoms with Crippen LogP contribution in [0.1, 0.15) is 18.2 Å². The van der Waals surface area contributed by atoms with E-state index < -0.39 is 0 Å². The molecule has 0 fully saturated rings. The summed E-state index contributed by atoms with van der Waals surface area (Å²) in [5.41, 5.74) is 8.61. The van der Waals surface area contributed by atoms with Crippen LogP contribution in [-0.4, -0.2) is 35.5 Å². The fourth-order valence-electron chi connectivity index (χ4n) is 3.20. The van der Waals surface area contributed by atoms with Gasteiger partial charge in [0.05, 0.1) is 16.2 Å². The zero-order chi connectivity index (χ0) is 19.8. The minimum atomic E-state index is -0.287. The lowest BCUT2D eigenvalue weighted by Crippen LogP contribution is -2.21. The van der Waals surface area contributed by atoms with E-state index in [0.717, 1.165) is 29.3 Å². The molecule has 0 spiro atoms. The Morgan fingerprint density at radius 1 is 1.07 bits per heavy atom. The quantitative estimate of drug-likeness (QED) is 0.365. The third-order valence-electron chi connectivity index (χ3n) is 4.63. The van der Waals surface area contributed by atoms with E-state index in [2.05, 4.69) is 9.88 Å². The number of rotatable bonds is 5. The molecule has 30 heavy (non-hydrogen) atoms. The number of para-hydroxylation sites is 1. The molecule has 4 aromatic rings. The van der Waals surface area contributed by atoms with Crippen molar-refractivity contribution in [2.45, 2.75) is 12.5 Å². The van der Waals surface area contributed by atoms with E-state index in [1.54, 1.807) is 6.07 Å². The second-order valence-electron chi connectivity index (χ2n) is 7.06. The van der Waals surface area contributed by atoms with Gasteiger partial charge in [0.2, 0.25) is 0 Å². The lowest BCUT2D eigenvalue weighted by molar-refractivity contribution is 0.381. The van der Waals surface area contributed by atoms with Gasteiger partial charge in [0.25, 0.3) is 0 Å². The minimum Gasteiger partial charge on any atom is -0.453 e. The van der Waals surface area contributed by atoms with Gasteiger partial charge in [0.15, 0.2) is 11.6 Å². The number of aromatic nitrogens is 2. The topological polar surface area (TPSA) is 68.2 Å². The van der Waals surface area contributed by atoms with Crippen molar-refractivity contribution in [2.24, 2.45) is 5.73 Å². The molecule has 2 aromatic heterocycles. The molecule has 0 aliphatic rings. The number of benzene rings is 2. The summed E-state index contributed by atoms with van der Waals surface area (Å²) in [6, 6.07) is 12.9. The maximum absolute atomic E-state index is 6.50. The number of furan rings is 1. The summed E-state index contributed by atoms with van der Waals surface area (Å²) >= 11 is 12.7. The first-order chi connectivity index (χ1) is 13.4. The third-order valence-corrected chi connectivity index (χ3v) is 5.14. The van der Waals surface area contributed by atoms with Crippen LogP contribution in [0.25, 0.3) is 33.5 Å². The summed E-state index contributed by atoms with van der Waals surface area (Å²) in [6.07, 6.45) is 0.739. The molecule has 2 N–H and O–H groups in total. The summed E-state index contributed by atoms with van der Waals surface area (Å²) in [7, 11) is 4.02. The lowest BCUT2D eigenvalue weighted by Gasteiger charge is -2.17. The van der Waals surface area contributed by atoms with Crippen LogP contribution in [0.4, 0.5) is 0 Å². The molecule has 1 atom stereocenters. The summed E-state index contributed by atoms with van der Waals surface area (Å²) in [5.74, 6) is 1.04. The first-order valence-corrected chi connectivity index (χ1v) is 9.74. The predicted octanol–water partition coefficient (Wildman–Crippen LogP) is 6.14. The van der Waals surface area contributed by atoms with E-state index in [0.29, 0.717) is 32.8 Å². The van der Waals surface area contributed by atoms with Gasteiger partial charge in [-0.2, -0.15) is 0 Å². The highest BCUT2D eigenvalue weighted by Gasteiger charge is 2.19. The van der Waals surface area contributed by atoms with Gasteiger partial charge >= 0.3 is 0 Å². The van der Waals surface area contributed by atoms with Crippen LogP contribution in [0.15, 0.2) is 46.9 Å². The molecule has 0 saturated heterocycles. The monoisotopic (exact) mass is 486 g/mol. The third kappa shape index (κ3) is 4.99. The Hall–Kier alpha value is -1.60. The highest BCUT2D eigenvalue weighted by Crippen LogP contribution is 2.34. The maximum Gasteiger partial charge on any atom is 0.196 e. The van der Waals surface area contributed by atoms with Gasteiger partial charge in [-0.05, 0) is 51.3 Å². The van der Waals surface area contributed by atoms with Crippen LogP contribution in [0.3, 0.4) is 0 Å². The first kappa shape index (κ1) is 24.7. The zero-order valence-corrected chi connectivity index (χ0v) is 19.6. The molecule has 0 amide bonds. The second-order valence-corrected chi connectivity index (χ2v) is 7.91. The fraction of sp³-hybridized carbons (Fsp3) is 0.238. The molecule has 4 rings (SSSR count). The van der Waals surface area contributed by atoms with E-state index >= 15 is 0 Å². The zero-order valence-electron chi connectivity index (χ0n) is 16.4. The Kier molecular flexibility index (Phi) is 8.34. The SMILES string of the molecule is CN(C)CCC(N)c1nc(-c2cc3ccccc3o2)nc2c(Cl)cc(Cl)cc12.Cl.Cl. The summed E-state index contributed by atoms with van der Waals surface area (Å²) in [5, 5.41) is 2.74. The number of fused-ring (bicyclic) bond motifs is 2. The summed E-state index contributed by atoms with van der Waals surface area (Å²) in [6.45, 7) is 0.834. The fourth-order valence-corrected chi connectivity index (χ4v) is 3.73. The van der Waals surface area contributed by atoms with E-state index in [1.807, 2.05) is 50.5 Å². The van der Waals surface area contributed by atoms with E-state index in [4.69, 9.17) is 38.3 Å². The Bertz CT molecular complexity index is 1130. The van der Waals surface area contributed by atoms with E-state index in [9.17, 15) is 0 Å². The van der Waals surface area contributed by atoms with E-state index in [-0.39, 0.29) is 30.9 Å². The second kappa shape index (κ2) is 10.1. The Morgan fingerprint density at radius 2 is 1.80 bits per heavy atom. The average Bonchev–Trinajstić information content (AvgIpc) is 3.09. The van der Waals surface area contributed by atoms with Crippen LogP contribution in [-0.2, 0) is 0 Å². The van der Waals surface area contributed by atoms with Gasteiger partial charge in [0.1, 0.15) is 5.58 Å². The average molecular weight is 488 g/mol. The smallest absolute Gasteiger partial charge is 0.196 e. The largest absolute Gasteiger partial charge is 0.453 e. The van der Waals surface area contributed by atoms with Crippen LogP contribution >= 0.6 is 48.0 Å². The van der Waals surface area contributed by atoms with Crippen molar-refractivity contribution in [3.63, 3.8) is 0 Å². The predicted molar refractivity (Wildman–Crippen MR) is 129 cm³/mol. The maximum atomic E-state index is 6.50. The van der Waals surface area contributed by atoms with Crippen LogP contribution in [0.2, 0.25) is 10.0 Å². The van der Waals surface area contributed by atoms with Crippen molar-refractivity contribution < 1.29 is 4.42 Å². The van der Waals surface area contributed by atoms with Gasteiger partial charge in [-0.25, -0.2) is 9.97 Å². The van der Waals surface area contributed by atoms with Crippen molar-refractivity contribution in [2.75, 3.05) is 20.6 Å². The summed E-state index contributed by atoms with van der Waals surface area (Å²) in [4.78, 5) is 11.5. The molecular formula is C21H22Cl4N4O. The highest BCUT2D eigenvalue weighted by molar-refractivity contribution is 6.38. The molecule has 2 aromatic carbocycles. The van der Waals surface area contributed by atoms with Crippen molar-refractivity contribution in [1.82, 2.24) is 14.9 Å². The number of halogens is 4. The highest BCUT2D eigenvalue weighted by atomic mass is 35.5. The van der Waals surface area contributed by atoms with Crippen molar-refractivity contribution in [3.8, 4) is 11.6 Å². The van der Waals surface area contributed by atoms with Crippen LogP contribution in [0.5, 0.6) is 0 Å². The normalized spacial score (nSPS) is 12.1. The molecule has 0 aliphatic carbocycles. The van der Waals surface area contributed by atoms with E-state index in [1.165, 1.54) is 0 Å². The molecule has 5 nitrogen and oxygen atoms in total. The van der Waals surface area contributed by atoms with Gasteiger partial charge < -0.3 is 15.1 Å². The standard InChI is InChI=1S/C21H20Cl2N4O.2ClH/c1-27(2)8-7-16(24)20-14-10-13(22)11-15(23)19(14)25-21(26-20)18-9-12-5-3-4-6-17(12)28-18;;/h3-6,9-11,16H,7-8,24H2,1-2H3;2*1H. The van der Waals surface area contributed by atoms with Crippen LogP contribution in [0, 0.1) is 0 Å². The van der Waals surface area contributed by atoms with Gasteiger partial charge in [-0.3, -0.25) is 0 Å². The Labute approximate surface area is 197 Å². The molecule has 0 aliphatic heterocycles. The molecular weight excluding hydrogens is 466 g/mol. The minimum absolute atomic E-state index is 0. The molecule has 0 radical (unpaired) electrons. The van der Waals surface area contributed by atoms with Crippen LogP contribution < -0.4 is 5.73 Å². The van der Waals surface area contributed by atoms with Gasteiger partial charge in [-0.15, -0.1) is 24.8 Å². The number of nitrogens with two attached hydrogens (primary N) is 1. The molecule has 2 heterocycles. The van der Waals surface area contributed by atoms with Crippen molar-refractivity contribution in [1.29, 1.82) is 0 Å². The van der Waals surface area contributed by atoms with Crippen molar-refractivity contribution in [3.05, 3.63) is 58.2 Å². The summed E-state index contributed by atoms with van der Waals surface area (Å²) < 4.78 is 5.96. The number of nitrogens with zero attached hydrogens (tertiary/aromatic N) is 3. The first-order valence-electron chi connectivity index (χ1n) is 8.98. The number of hydrogen-bond donors (Lipinski definition) is 1. The molecule has 0 saturated carbocycles. The van der Waals surface area contributed by atoms with Crippen molar-refractivity contribution >= 4 is 69.9 Å². The Morgan fingerprint density at radius 3 is 2.50 bits per heavy atom. The number of hydrogen-bond acceptors (Lipinski definition) is 5. The van der Waals surface area contributed by atoms with Gasteiger partial charge in [-0.1, -0.05) is 41.4 Å². The lowest BCUT2D eigenvalue weighted by atomic mass is 10.0. The molecule has 160 valence electrons. The molecule has 0 bridgehead atoms. The molecule has 1 unspecified atom stereocenters. The Balaban J connectivity index is 0.00000160.